The van der Waals surface area contributed by atoms with Gasteiger partial charge in [0, 0.05) is 19.1 Å². The zero-order chi connectivity index (χ0) is 16.0. The fourth-order valence-corrected chi connectivity index (χ4v) is 4.02. The smallest absolute Gasteiger partial charge is 0.237 e. The molecular weight excluding hydrogens is 300 g/mol. The molecule has 1 heterocycles. The van der Waals surface area contributed by atoms with Crippen LogP contribution in [0.2, 0.25) is 0 Å². The Morgan fingerprint density at radius 3 is 2.68 bits per heavy atom. The average Bonchev–Trinajstić information content (AvgIpc) is 2.47. The Bertz CT molecular complexity index is 587. The van der Waals surface area contributed by atoms with Crippen molar-refractivity contribution in [2.75, 3.05) is 24.6 Å². The predicted octanol–water partition coefficient (Wildman–Crippen LogP) is 0.984. The molecule has 0 spiro atoms. The van der Waals surface area contributed by atoms with Gasteiger partial charge in [-0.1, -0.05) is 30.3 Å². The number of amides is 1. The van der Waals surface area contributed by atoms with Gasteiger partial charge in [0.2, 0.25) is 5.91 Å². The molecule has 122 valence electrons. The van der Waals surface area contributed by atoms with Crippen LogP contribution in [0.15, 0.2) is 30.3 Å². The van der Waals surface area contributed by atoms with Crippen LogP contribution in [0.4, 0.5) is 0 Å². The molecule has 0 bridgehead atoms. The lowest BCUT2D eigenvalue weighted by Crippen LogP contribution is -2.47. The van der Waals surface area contributed by atoms with Gasteiger partial charge in [0.05, 0.1) is 5.75 Å². The van der Waals surface area contributed by atoms with Gasteiger partial charge in [-0.15, -0.1) is 0 Å². The summed E-state index contributed by atoms with van der Waals surface area (Å²) in [7, 11) is -3.35. The van der Waals surface area contributed by atoms with Gasteiger partial charge in [-0.3, -0.25) is 4.79 Å². The molecule has 1 aromatic rings. The Morgan fingerprint density at radius 2 is 2.00 bits per heavy atom. The quantitative estimate of drug-likeness (QED) is 0.846. The Balaban J connectivity index is 1.79. The maximum atomic E-state index is 12.1. The molecule has 1 amide bonds. The van der Waals surface area contributed by atoms with Crippen LogP contribution in [-0.4, -0.2) is 49.9 Å². The minimum atomic E-state index is -3.35. The van der Waals surface area contributed by atoms with Crippen molar-refractivity contribution in [3.8, 4) is 0 Å². The molecule has 1 aromatic carbocycles. The van der Waals surface area contributed by atoms with Crippen LogP contribution in [0, 0.1) is 0 Å². The largest absolute Gasteiger partial charge is 0.340 e. The summed E-state index contributed by atoms with van der Waals surface area (Å²) in [6.45, 7) is 1.09. The molecule has 0 saturated carbocycles. The standard InChI is InChI=1S/C16H24N2O3S/c17-15-9-4-10-18(12-15)16(19)13-22(20,21)11-5-8-14-6-2-1-3-7-14/h1-3,6-7,15H,4-5,8-13,17H2. The summed E-state index contributed by atoms with van der Waals surface area (Å²) in [5.74, 6) is -0.656. The summed E-state index contributed by atoms with van der Waals surface area (Å²) >= 11 is 0. The Kier molecular flexibility index (Phi) is 5.97. The first kappa shape index (κ1) is 17.0. The van der Waals surface area contributed by atoms with Crippen LogP contribution in [0.3, 0.4) is 0 Å². The van der Waals surface area contributed by atoms with Gasteiger partial charge >= 0.3 is 0 Å². The van der Waals surface area contributed by atoms with Crippen LogP contribution in [0.1, 0.15) is 24.8 Å². The van der Waals surface area contributed by atoms with Gasteiger partial charge < -0.3 is 10.6 Å². The summed E-state index contributed by atoms with van der Waals surface area (Å²) in [6, 6.07) is 9.74. The molecule has 22 heavy (non-hydrogen) atoms. The average molecular weight is 324 g/mol. The van der Waals surface area contributed by atoms with Crippen LogP contribution in [-0.2, 0) is 21.1 Å². The van der Waals surface area contributed by atoms with Crippen molar-refractivity contribution in [2.45, 2.75) is 31.7 Å². The lowest BCUT2D eigenvalue weighted by molar-refractivity contribution is -0.129. The van der Waals surface area contributed by atoms with E-state index in [1.165, 1.54) is 0 Å². The van der Waals surface area contributed by atoms with Crippen molar-refractivity contribution in [3.63, 3.8) is 0 Å². The molecule has 0 aliphatic carbocycles. The van der Waals surface area contributed by atoms with Gasteiger partial charge in [0.15, 0.2) is 9.84 Å². The zero-order valence-corrected chi connectivity index (χ0v) is 13.6. The number of carbonyl (C=O) groups is 1. The van der Waals surface area contributed by atoms with Crippen LogP contribution in [0.5, 0.6) is 0 Å². The topological polar surface area (TPSA) is 80.5 Å². The second-order valence-electron chi connectivity index (χ2n) is 5.92. The van der Waals surface area contributed by atoms with Crippen molar-refractivity contribution in [1.82, 2.24) is 4.90 Å². The second-order valence-corrected chi connectivity index (χ2v) is 8.11. The first-order valence-corrected chi connectivity index (χ1v) is 9.56. The molecule has 1 aliphatic rings. The molecule has 2 rings (SSSR count). The molecule has 1 atom stereocenters. The number of piperidine rings is 1. The fraction of sp³-hybridized carbons (Fsp3) is 0.562. The number of aryl methyl sites for hydroxylation is 1. The van der Waals surface area contributed by atoms with Gasteiger partial charge in [-0.25, -0.2) is 8.42 Å². The Morgan fingerprint density at radius 1 is 1.27 bits per heavy atom. The van der Waals surface area contributed by atoms with E-state index in [1.54, 1.807) is 4.90 Å². The monoisotopic (exact) mass is 324 g/mol. The number of benzene rings is 1. The number of nitrogens with zero attached hydrogens (tertiary/aromatic N) is 1. The highest BCUT2D eigenvalue weighted by molar-refractivity contribution is 7.92. The number of hydrogen-bond acceptors (Lipinski definition) is 4. The number of sulfone groups is 1. The number of carbonyl (C=O) groups excluding carboxylic acids is 1. The Hall–Kier alpha value is -1.40. The maximum absolute atomic E-state index is 12.1. The van der Waals surface area contributed by atoms with E-state index >= 15 is 0 Å². The van der Waals surface area contributed by atoms with E-state index in [9.17, 15) is 13.2 Å². The number of rotatable bonds is 6. The minimum absolute atomic E-state index is 0.0292. The van der Waals surface area contributed by atoms with Crippen molar-refractivity contribution in [1.29, 1.82) is 0 Å². The third kappa shape index (κ3) is 5.42. The summed E-state index contributed by atoms with van der Waals surface area (Å²) in [5.41, 5.74) is 6.94. The van der Waals surface area contributed by atoms with Gasteiger partial charge in [0.25, 0.3) is 0 Å². The van der Waals surface area contributed by atoms with E-state index in [0.29, 0.717) is 25.9 Å². The van der Waals surface area contributed by atoms with E-state index in [0.717, 1.165) is 18.4 Å². The molecule has 0 radical (unpaired) electrons. The molecule has 6 heteroatoms. The van der Waals surface area contributed by atoms with Crippen molar-refractivity contribution >= 4 is 15.7 Å². The first-order chi connectivity index (χ1) is 10.5. The normalized spacial score (nSPS) is 19.1. The SMILES string of the molecule is NC1CCCN(C(=O)CS(=O)(=O)CCCc2ccccc2)C1. The van der Waals surface area contributed by atoms with Crippen LogP contribution >= 0.6 is 0 Å². The van der Waals surface area contributed by atoms with Crippen LogP contribution < -0.4 is 5.73 Å². The highest BCUT2D eigenvalue weighted by atomic mass is 32.2. The highest BCUT2D eigenvalue weighted by Gasteiger charge is 2.25. The summed E-state index contributed by atoms with van der Waals surface area (Å²) in [6.07, 6.45) is 3.00. The lowest BCUT2D eigenvalue weighted by atomic mass is 10.1. The van der Waals surface area contributed by atoms with E-state index in [2.05, 4.69) is 0 Å². The van der Waals surface area contributed by atoms with Gasteiger partial charge in [-0.05, 0) is 31.2 Å². The van der Waals surface area contributed by atoms with E-state index in [4.69, 9.17) is 5.73 Å². The molecule has 2 N–H and O–H groups in total. The van der Waals surface area contributed by atoms with Crippen LogP contribution in [0.25, 0.3) is 0 Å². The van der Waals surface area contributed by atoms with Gasteiger partial charge in [0.1, 0.15) is 5.75 Å². The first-order valence-electron chi connectivity index (χ1n) is 7.74. The maximum Gasteiger partial charge on any atom is 0.237 e. The number of nitrogens with two attached hydrogens (primary N) is 1. The lowest BCUT2D eigenvalue weighted by Gasteiger charge is -2.30. The molecular formula is C16H24N2O3S. The zero-order valence-electron chi connectivity index (χ0n) is 12.8. The summed E-state index contributed by atoms with van der Waals surface area (Å²) in [5, 5.41) is 0. The number of likely N-dealkylation sites (tertiary alicyclic amines) is 1. The fourth-order valence-electron chi connectivity index (χ4n) is 2.73. The minimum Gasteiger partial charge on any atom is -0.340 e. The molecule has 1 saturated heterocycles. The second kappa shape index (κ2) is 7.74. The molecule has 1 unspecified atom stereocenters. The molecule has 5 nitrogen and oxygen atoms in total. The molecule has 1 fully saturated rings. The van der Waals surface area contributed by atoms with Crippen molar-refractivity contribution in [3.05, 3.63) is 35.9 Å². The summed E-state index contributed by atoms with van der Waals surface area (Å²) < 4.78 is 24.2. The van der Waals surface area contributed by atoms with Crippen molar-refractivity contribution < 1.29 is 13.2 Å². The third-order valence-corrected chi connectivity index (χ3v) is 5.52. The molecule has 0 aromatic heterocycles. The Labute approximate surface area is 132 Å². The van der Waals surface area contributed by atoms with E-state index in [-0.39, 0.29) is 17.7 Å². The van der Waals surface area contributed by atoms with E-state index in [1.807, 2.05) is 30.3 Å². The van der Waals surface area contributed by atoms with Gasteiger partial charge in [-0.2, -0.15) is 0 Å². The summed E-state index contributed by atoms with van der Waals surface area (Å²) in [4.78, 5) is 13.7. The predicted molar refractivity (Wildman–Crippen MR) is 87.2 cm³/mol. The van der Waals surface area contributed by atoms with Crippen molar-refractivity contribution in [2.24, 2.45) is 5.73 Å². The third-order valence-electron chi connectivity index (χ3n) is 3.92. The number of hydrogen-bond donors (Lipinski definition) is 1. The molecule has 1 aliphatic heterocycles. The highest BCUT2D eigenvalue weighted by Crippen LogP contribution is 2.10. The van der Waals surface area contributed by atoms with E-state index < -0.39 is 15.6 Å².